The number of methoxy groups -OCH3 is 1. The van der Waals surface area contributed by atoms with Crippen LogP contribution in [0.5, 0.6) is 0 Å². The monoisotopic (exact) mass is 423 g/mol. The van der Waals surface area contributed by atoms with E-state index in [1.165, 1.54) is 24.0 Å². The van der Waals surface area contributed by atoms with Crippen LogP contribution in [0.25, 0.3) is 0 Å². The molecule has 0 bridgehead atoms. The number of fused-ring (bicyclic) bond motifs is 1. The third-order valence-corrected chi connectivity index (χ3v) is 6.43. The van der Waals surface area contributed by atoms with Crippen LogP contribution < -0.4 is 9.62 Å². The van der Waals surface area contributed by atoms with Gasteiger partial charge in [-0.2, -0.15) is 0 Å². The molecular weight excluding hydrogens is 402 g/mol. The number of allylic oxidation sites excluding steroid dienone is 1. The third kappa shape index (κ3) is 3.54. The molecule has 2 heterocycles. The molecule has 0 unspecified atom stereocenters. The summed E-state index contributed by atoms with van der Waals surface area (Å²) in [6.45, 7) is 1.77. The highest BCUT2D eigenvalue weighted by Crippen LogP contribution is 2.45. The zero-order chi connectivity index (χ0) is 21.3. The molecule has 0 radical (unpaired) electrons. The molecule has 2 aliphatic heterocycles. The second-order valence-corrected chi connectivity index (χ2v) is 8.03. The third-order valence-electron chi connectivity index (χ3n) is 5.04. The molecule has 2 aromatic carbocycles. The maximum atomic E-state index is 12.8. The summed E-state index contributed by atoms with van der Waals surface area (Å²) in [6, 6.07) is 18.2. The van der Waals surface area contributed by atoms with Crippen LogP contribution in [0.3, 0.4) is 0 Å². The van der Waals surface area contributed by atoms with E-state index in [-0.39, 0.29) is 23.9 Å². The largest absolute Gasteiger partial charge is 0.464 e. The molecule has 8 heteroatoms. The summed E-state index contributed by atoms with van der Waals surface area (Å²) in [5.74, 6) is -1.14. The number of carbonyl (C=O) groups excluding carboxylic acids is 3. The van der Waals surface area contributed by atoms with Crippen LogP contribution in [0.4, 0.5) is 5.69 Å². The van der Waals surface area contributed by atoms with E-state index in [1.54, 1.807) is 6.92 Å². The summed E-state index contributed by atoms with van der Waals surface area (Å²) in [5.41, 5.74) is 2.54. The molecule has 2 amide bonds. The number of rotatable bonds is 5. The molecule has 30 heavy (non-hydrogen) atoms. The first-order chi connectivity index (χ1) is 14.5. The van der Waals surface area contributed by atoms with Gasteiger partial charge in [0, 0.05) is 0 Å². The Morgan fingerprint density at radius 3 is 2.33 bits per heavy atom. The molecule has 1 saturated heterocycles. The lowest BCUT2D eigenvalue weighted by Gasteiger charge is -2.51. The topological polar surface area (TPSA) is 79.0 Å². The second-order valence-electron chi connectivity index (χ2n) is 6.97. The number of β-lactam (4-membered cyclic amide) rings is 1. The fraction of sp³-hybridized carbons (Fsp3) is 0.227. The van der Waals surface area contributed by atoms with Crippen LogP contribution in [0, 0.1) is 0 Å². The summed E-state index contributed by atoms with van der Waals surface area (Å²) in [5, 5.41) is 2.39. The van der Waals surface area contributed by atoms with Gasteiger partial charge in [0.2, 0.25) is 5.91 Å². The maximum absolute atomic E-state index is 12.8. The van der Waals surface area contributed by atoms with Gasteiger partial charge in [-0.15, -0.1) is 0 Å². The lowest BCUT2D eigenvalue weighted by atomic mass is 10.0. The molecule has 1 N–H and O–H groups in total. The zero-order valence-electron chi connectivity index (χ0n) is 16.6. The van der Waals surface area contributed by atoms with Crippen molar-refractivity contribution in [3.63, 3.8) is 0 Å². The molecule has 0 spiro atoms. The van der Waals surface area contributed by atoms with Gasteiger partial charge in [-0.05, 0) is 36.6 Å². The first-order valence-corrected chi connectivity index (χ1v) is 10.3. The van der Waals surface area contributed by atoms with E-state index < -0.39 is 17.4 Å². The normalized spacial score (nSPS) is 20.4. The van der Waals surface area contributed by atoms with Gasteiger partial charge in [-0.3, -0.25) is 18.8 Å². The van der Waals surface area contributed by atoms with Crippen molar-refractivity contribution >= 4 is 35.4 Å². The van der Waals surface area contributed by atoms with Crippen molar-refractivity contribution in [1.82, 2.24) is 10.2 Å². The second kappa shape index (κ2) is 8.23. The summed E-state index contributed by atoms with van der Waals surface area (Å²) in [4.78, 5) is 39.2. The average Bonchev–Trinajstić information content (AvgIpc) is 2.78. The fourth-order valence-electron chi connectivity index (χ4n) is 3.57. The van der Waals surface area contributed by atoms with Crippen molar-refractivity contribution in [2.45, 2.75) is 24.8 Å². The summed E-state index contributed by atoms with van der Waals surface area (Å²) in [7, 11) is 1.29. The van der Waals surface area contributed by atoms with Crippen molar-refractivity contribution < 1.29 is 19.1 Å². The Balaban J connectivity index is 1.58. The highest BCUT2D eigenvalue weighted by atomic mass is 32.2. The van der Waals surface area contributed by atoms with E-state index >= 15 is 0 Å². The predicted molar refractivity (Wildman–Crippen MR) is 114 cm³/mol. The van der Waals surface area contributed by atoms with E-state index in [1.807, 2.05) is 65.0 Å². The highest BCUT2D eigenvalue weighted by Gasteiger charge is 2.56. The molecule has 0 aliphatic carbocycles. The number of benzene rings is 2. The Morgan fingerprint density at radius 1 is 1.07 bits per heavy atom. The number of para-hydroxylation sites is 1. The van der Waals surface area contributed by atoms with Gasteiger partial charge in [-0.25, -0.2) is 4.79 Å². The Bertz CT molecular complexity index is 1010. The smallest absolute Gasteiger partial charge is 0.356 e. The maximum Gasteiger partial charge on any atom is 0.356 e. The number of anilines is 1. The average molecular weight is 423 g/mol. The quantitative estimate of drug-likeness (QED) is 0.452. The number of carbonyl (C=O) groups is 3. The number of amides is 2. The number of hydrogen-bond donors (Lipinski definition) is 1. The minimum Gasteiger partial charge on any atom is -0.464 e. The van der Waals surface area contributed by atoms with Gasteiger partial charge >= 0.3 is 5.97 Å². The lowest BCUT2D eigenvalue weighted by Crippen LogP contribution is -2.71. The first-order valence-electron chi connectivity index (χ1n) is 9.48. The van der Waals surface area contributed by atoms with Crippen molar-refractivity contribution in [2.75, 3.05) is 11.4 Å². The number of ether oxygens (including phenoxy) is 1. The Hall–Kier alpha value is -3.26. The van der Waals surface area contributed by atoms with Gasteiger partial charge < -0.3 is 10.1 Å². The van der Waals surface area contributed by atoms with Crippen LogP contribution in [-0.2, 0) is 25.5 Å². The standard InChI is InChI=1S/C22H21N3O4S/c1-14-19(22(28)29-2)24-20(27)18(23-17(26)13-15-9-5-3-6-10-15)21(24)30-25(14)16-11-7-4-8-12-16/h3-12,18,21H,13H2,1-2H3,(H,23,26)/t18-,21-/m1/s1. The molecule has 4 rings (SSSR count). The molecule has 7 nitrogen and oxygen atoms in total. The molecular formula is C22H21N3O4S. The minimum atomic E-state index is -0.717. The van der Waals surface area contributed by atoms with Gasteiger partial charge in [0.25, 0.3) is 5.91 Å². The zero-order valence-corrected chi connectivity index (χ0v) is 17.4. The van der Waals surface area contributed by atoms with Crippen LogP contribution in [0.2, 0.25) is 0 Å². The number of nitrogens with zero attached hydrogens (tertiary/aromatic N) is 2. The molecule has 2 aromatic rings. The Morgan fingerprint density at radius 2 is 1.70 bits per heavy atom. The Labute approximate surface area is 178 Å². The van der Waals surface area contributed by atoms with Crippen LogP contribution in [0.15, 0.2) is 72.1 Å². The number of nitrogens with one attached hydrogen (secondary N) is 1. The molecule has 1 fully saturated rings. The van der Waals surface area contributed by atoms with Gasteiger partial charge in [-0.1, -0.05) is 48.5 Å². The first kappa shape index (κ1) is 20.0. The van der Waals surface area contributed by atoms with Crippen LogP contribution in [0.1, 0.15) is 12.5 Å². The van der Waals surface area contributed by atoms with Gasteiger partial charge in [0.05, 0.1) is 24.9 Å². The molecule has 0 aromatic heterocycles. The Kier molecular flexibility index (Phi) is 5.50. The predicted octanol–water partition coefficient (Wildman–Crippen LogP) is 2.46. The minimum absolute atomic E-state index is 0.184. The van der Waals surface area contributed by atoms with Crippen molar-refractivity contribution in [2.24, 2.45) is 0 Å². The van der Waals surface area contributed by atoms with Gasteiger partial charge in [0.15, 0.2) is 5.70 Å². The van der Waals surface area contributed by atoms with Crippen LogP contribution >= 0.6 is 11.9 Å². The summed E-state index contributed by atoms with van der Waals surface area (Å²) >= 11 is 1.39. The number of hydrogen-bond acceptors (Lipinski definition) is 6. The molecule has 2 atom stereocenters. The van der Waals surface area contributed by atoms with E-state index in [0.29, 0.717) is 5.70 Å². The SMILES string of the molecule is COC(=O)C1=C(C)N(c2ccccc2)S[C@@H]2[C@H](NC(=O)Cc3ccccc3)C(=O)N12. The van der Waals surface area contributed by atoms with Crippen molar-refractivity contribution in [3.05, 3.63) is 77.6 Å². The molecule has 154 valence electrons. The van der Waals surface area contributed by atoms with E-state index in [4.69, 9.17) is 4.74 Å². The van der Waals surface area contributed by atoms with Gasteiger partial charge in [0.1, 0.15) is 11.4 Å². The highest BCUT2D eigenvalue weighted by molar-refractivity contribution is 8.01. The molecule has 0 saturated carbocycles. The van der Waals surface area contributed by atoms with E-state index in [9.17, 15) is 14.4 Å². The van der Waals surface area contributed by atoms with Crippen molar-refractivity contribution in [1.29, 1.82) is 0 Å². The van der Waals surface area contributed by atoms with E-state index in [0.717, 1.165) is 11.3 Å². The lowest BCUT2D eigenvalue weighted by molar-refractivity contribution is -0.151. The summed E-state index contributed by atoms with van der Waals surface area (Å²) in [6.07, 6.45) is 0.184. The summed E-state index contributed by atoms with van der Waals surface area (Å²) < 4.78 is 6.83. The van der Waals surface area contributed by atoms with E-state index in [2.05, 4.69) is 5.32 Å². The molecule has 2 aliphatic rings. The number of esters is 1. The fourth-order valence-corrected chi connectivity index (χ4v) is 4.88. The van der Waals surface area contributed by atoms with Crippen molar-refractivity contribution in [3.8, 4) is 0 Å². The van der Waals surface area contributed by atoms with Crippen LogP contribution in [-0.4, -0.2) is 41.2 Å².